The highest BCUT2D eigenvalue weighted by molar-refractivity contribution is 5.55. The lowest BCUT2D eigenvalue weighted by Gasteiger charge is -2.31. The van der Waals surface area contributed by atoms with Gasteiger partial charge in [0.15, 0.2) is 0 Å². The molecule has 0 atom stereocenters. The topological polar surface area (TPSA) is 54.0 Å². The Kier molecular flexibility index (Phi) is 13.4. The fourth-order valence-electron chi connectivity index (χ4n) is 2.35. The standard InChI is InChI=1S/C20H39O5/c1-14(2)22-10-18(11-23-15(3)4)20(9-21)19(12-24-16(5)6)13-25-17(7)8/h14-20H,10-13H2,1-8H3. The zero-order valence-electron chi connectivity index (χ0n) is 17.4. The molecule has 0 aliphatic carbocycles. The lowest BCUT2D eigenvalue weighted by Crippen LogP contribution is -2.38. The Bertz CT molecular complexity index is 276. The van der Waals surface area contributed by atoms with Gasteiger partial charge in [-0.15, -0.1) is 0 Å². The molecular formula is C20H39O5. The van der Waals surface area contributed by atoms with Gasteiger partial charge in [0.25, 0.3) is 0 Å². The van der Waals surface area contributed by atoms with Gasteiger partial charge in [-0.1, -0.05) is 0 Å². The van der Waals surface area contributed by atoms with Crippen LogP contribution >= 0.6 is 0 Å². The number of ether oxygens (including phenoxy) is 4. The molecule has 0 saturated carbocycles. The molecule has 0 rings (SSSR count). The van der Waals surface area contributed by atoms with Crippen molar-refractivity contribution in [2.75, 3.05) is 26.4 Å². The van der Waals surface area contributed by atoms with E-state index in [-0.39, 0.29) is 42.2 Å². The molecule has 0 bridgehead atoms. The zero-order valence-corrected chi connectivity index (χ0v) is 17.4. The quantitative estimate of drug-likeness (QED) is 0.447. The maximum absolute atomic E-state index is 11.8. The average molecular weight is 360 g/mol. The molecule has 5 nitrogen and oxygen atoms in total. The SMILES string of the molecule is CC(C)OCC(COC(C)C)C([C]=O)C(COC(C)C)COC(C)C. The minimum atomic E-state index is -0.352. The van der Waals surface area contributed by atoms with Gasteiger partial charge in [-0.2, -0.15) is 0 Å². The van der Waals surface area contributed by atoms with Gasteiger partial charge in [0.1, 0.15) is 0 Å². The van der Waals surface area contributed by atoms with Gasteiger partial charge >= 0.3 is 0 Å². The largest absolute Gasteiger partial charge is 0.378 e. The third-order valence-electron chi connectivity index (χ3n) is 3.73. The lowest BCUT2D eigenvalue weighted by atomic mass is 9.83. The Labute approximate surface area is 154 Å². The van der Waals surface area contributed by atoms with E-state index in [1.54, 1.807) is 0 Å². The van der Waals surface area contributed by atoms with Gasteiger partial charge in [0.2, 0.25) is 6.29 Å². The molecule has 0 aromatic carbocycles. The van der Waals surface area contributed by atoms with E-state index < -0.39 is 0 Å². The molecule has 149 valence electrons. The molecule has 0 unspecified atom stereocenters. The van der Waals surface area contributed by atoms with Crippen LogP contribution in [0.1, 0.15) is 55.4 Å². The summed E-state index contributed by atoms with van der Waals surface area (Å²) in [5.41, 5.74) is 0. The number of hydrogen-bond donors (Lipinski definition) is 0. The van der Waals surface area contributed by atoms with Crippen molar-refractivity contribution in [1.82, 2.24) is 0 Å². The molecule has 0 saturated heterocycles. The summed E-state index contributed by atoms with van der Waals surface area (Å²) in [5, 5.41) is 0. The summed E-state index contributed by atoms with van der Waals surface area (Å²) in [7, 11) is 0. The lowest BCUT2D eigenvalue weighted by molar-refractivity contribution is -0.0535. The van der Waals surface area contributed by atoms with E-state index >= 15 is 0 Å². The highest BCUT2D eigenvalue weighted by Crippen LogP contribution is 2.24. The third kappa shape index (κ3) is 12.5. The van der Waals surface area contributed by atoms with E-state index in [9.17, 15) is 4.79 Å². The molecule has 5 heteroatoms. The summed E-state index contributed by atoms with van der Waals surface area (Å²) >= 11 is 0. The summed E-state index contributed by atoms with van der Waals surface area (Å²) in [5.74, 6) is -0.493. The average Bonchev–Trinajstić information content (AvgIpc) is 2.50. The monoisotopic (exact) mass is 359 g/mol. The normalized spacial score (nSPS) is 12.8. The van der Waals surface area contributed by atoms with Crippen LogP contribution in [0, 0.1) is 17.8 Å². The summed E-state index contributed by atoms with van der Waals surface area (Å²) < 4.78 is 23.1. The maximum Gasteiger partial charge on any atom is 0.202 e. The minimum absolute atomic E-state index is 0.0705. The van der Waals surface area contributed by atoms with E-state index in [4.69, 9.17) is 18.9 Å². The summed E-state index contributed by atoms with van der Waals surface area (Å²) in [6.07, 6.45) is 2.64. The van der Waals surface area contributed by atoms with Crippen LogP contribution in [0.3, 0.4) is 0 Å². The molecular weight excluding hydrogens is 320 g/mol. The predicted octanol–water partition coefficient (Wildman–Crippen LogP) is 3.64. The third-order valence-corrected chi connectivity index (χ3v) is 3.73. The van der Waals surface area contributed by atoms with Crippen LogP contribution in [0.25, 0.3) is 0 Å². The van der Waals surface area contributed by atoms with Crippen molar-refractivity contribution in [3.05, 3.63) is 0 Å². The Morgan fingerprint density at radius 3 is 0.960 bits per heavy atom. The Morgan fingerprint density at radius 2 is 0.800 bits per heavy atom. The van der Waals surface area contributed by atoms with Crippen molar-refractivity contribution in [3.8, 4) is 0 Å². The first-order valence-electron chi connectivity index (χ1n) is 9.51. The molecule has 0 fully saturated rings. The van der Waals surface area contributed by atoms with Gasteiger partial charge in [0.05, 0.1) is 50.8 Å². The smallest absolute Gasteiger partial charge is 0.202 e. The van der Waals surface area contributed by atoms with Crippen LogP contribution in [0.15, 0.2) is 0 Å². The van der Waals surface area contributed by atoms with Crippen molar-refractivity contribution in [1.29, 1.82) is 0 Å². The van der Waals surface area contributed by atoms with Crippen LogP contribution in [0.2, 0.25) is 0 Å². The molecule has 0 spiro atoms. The Hall–Kier alpha value is -0.490. The van der Waals surface area contributed by atoms with Crippen molar-refractivity contribution in [2.24, 2.45) is 17.8 Å². The van der Waals surface area contributed by atoms with Gasteiger partial charge < -0.3 is 18.9 Å². The first-order chi connectivity index (χ1) is 11.7. The molecule has 0 aromatic heterocycles. The van der Waals surface area contributed by atoms with Gasteiger partial charge in [-0.3, -0.25) is 4.79 Å². The van der Waals surface area contributed by atoms with Crippen LogP contribution in [0.5, 0.6) is 0 Å². The van der Waals surface area contributed by atoms with Crippen molar-refractivity contribution in [3.63, 3.8) is 0 Å². The van der Waals surface area contributed by atoms with Crippen LogP contribution in [-0.4, -0.2) is 57.1 Å². The highest BCUT2D eigenvalue weighted by Gasteiger charge is 2.32. The molecule has 1 radical (unpaired) electrons. The molecule has 0 aliphatic heterocycles. The van der Waals surface area contributed by atoms with E-state index in [1.165, 1.54) is 0 Å². The number of hydrogen-bond acceptors (Lipinski definition) is 5. The highest BCUT2D eigenvalue weighted by atomic mass is 16.5. The summed E-state index contributed by atoms with van der Waals surface area (Å²) in [4.78, 5) is 11.8. The van der Waals surface area contributed by atoms with Crippen molar-refractivity contribution in [2.45, 2.75) is 79.8 Å². The van der Waals surface area contributed by atoms with Crippen molar-refractivity contribution >= 4 is 6.29 Å². The van der Waals surface area contributed by atoms with Crippen LogP contribution in [0.4, 0.5) is 0 Å². The second-order valence-corrected chi connectivity index (χ2v) is 7.69. The van der Waals surface area contributed by atoms with Crippen LogP contribution < -0.4 is 0 Å². The predicted molar refractivity (Wildman–Crippen MR) is 101 cm³/mol. The fourth-order valence-corrected chi connectivity index (χ4v) is 2.35. The molecule has 0 heterocycles. The van der Waals surface area contributed by atoms with Gasteiger partial charge in [-0.05, 0) is 55.4 Å². The molecule has 0 aliphatic rings. The minimum Gasteiger partial charge on any atom is -0.378 e. The second kappa shape index (κ2) is 13.7. The zero-order chi connectivity index (χ0) is 19.4. The molecule has 0 aromatic rings. The first-order valence-corrected chi connectivity index (χ1v) is 9.51. The molecule has 0 N–H and O–H groups in total. The molecule has 25 heavy (non-hydrogen) atoms. The number of carbonyl (C=O) groups excluding carboxylic acids is 1. The van der Waals surface area contributed by atoms with E-state index in [0.717, 1.165) is 0 Å². The Morgan fingerprint density at radius 1 is 0.560 bits per heavy atom. The van der Waals surface area contributed by atoms with E-state index in [0.29, 0.717) is 26.4 Å². The number of rotatable bonds is 15. The van der Waals surface area contributed by atoms with Crippen LogP contribution in [-0.2, 0) is 23.7 Å². The van der Waals surface area contributed by atoms with Crippen molar-refractivity contribution < 1.29 is 23.7 Å². The summed E-state index contributed by atoms with van der Waals surface area (Å²) in [6, 6.07) is 0. The fraction of sp³-hybridized carbons (Fsp3) is 0.950. The second-order valence-electron chi connectivity index (χ2n) is 7.69. The molecule has 0 amide bonds. The van der Waals surface area contributed by atoms with Gasteiger partial charge in [-0.25, -0.2) is 0 Å². The van der Waals surface area contributed by atoms with E-state index in [1.807, 2.05) is 55.4 Å². The maximum atomic E-state index is 11.8. The summed E-state index contributed by atoms with van der Waals surface area (Å²) in [6.45, 7) is 17.7. The van der Waals surface area contributed by atoms with E-state index in [2.05, 4.69) is 6.29 Å². The Balaban J connectivity index is 5.12. The first kappa shape index (κ1) is 24.5. The van der Waals surface area contributed by atoms with Gasteiger partial charge in [0, 0.05) is 17.8 Å².